The lowest BCUT2D eigenvalue weighted by Crippen LogP contribution is -2.30. The van der Waals surface area contributed by atoms with Crippen molar-refractivity contribution in [3.8, 4) is 5.88 Å². The van der Waals surface area contributed by atoms with Crippen LogP contribution in [0.1, 0.15) is 11.1 Å². The molecule has 3 N–H and O–H groups in total. The van der Waals surface area contributed by atoms with Gasteiger partial charge in [-0.1, -0.05) is 12.1 Å². The summed E-state index contributed by atoms with van der Waals surface area (Å²) >= 11 is 4.75. The van der Waals surface area contributed by atoms with E-state index in [0.717, 1.165) is 10.8 Å². The molecule has 1 amide bonds. The van der Waals surface area contributed by atoms with E-state index in [1.807, 2.05) is 25.1 Å². The van der Waals surface area contributed by atoms with Crippen LogP contribution in [0.3, 0.4) is 0 Å². The summed E-state index contributed by atoms with van der Waals surface area (Å²) < 4.78 is 0.00843. The van der Waals surface area contributed by atoms with E-state index in [4.69, 9.17) is 12.2 Å². The molecule has 3 rings (SSSR count). The van der Waals surface area contributed by atoms with Gasteiger partial charge in [-0.25, -0.2) is 4.99 Å². The van der Waals surface area contributed by atoms with Gasteiger partial charge < -0.3 is 10.1 Å². The van der Waals surface area contributed by atoms with Crippen LogP contribution in [-0.2, 0) is 4.79 Å². The van der Waals surface area contributed by atoms with Gasteiger partial charge in [0, 0.05) is 10.8 Å². The maximum absolute atomic E-state index is 12.1. The standard InChI is InChI=1S/C15H11N3O3S/c1-7-2-3-8-5-9(12(19)16-11(8)4-7)6-10-13(20)17-15(22)18-14(10)21/h2-6H,1H3,(H3,17,18,20,21,22). The quantitative estimate of drug-likeness (QED) is 0.526. The van der Waals surface area contributed by atoms with E-state index in [1.165, 1.54) is 6.08 Å². The van der Waals surface area contributed by atoms with Gasteiger partial charge in [0.15, 0.2) is 4.77 Å². The zero-order valence-electron chi connectivity index (χ0n) is 11.5. The van der Waals surface area contributed by atoms with Crippen LogP contribution in [0.15, 0.2) is 33.6 Å². The Kier molecular flexibility index (Phi) is 3.34. The number of hydrogen-bond acceptors (Lipinski definition) is 4. The van der Waals surface area contributed by atoms with Crippen molar-refractivity contribution in [1.82, 2.24) is 9.97 Å². The fourth-order valence-corrected chi connectivity index (χ4v) is 2.34. The first kappa shape index (κ1) is 14.2. The van der Waals surface area contributed by atoms with Crippen molar-refractivity contribution >= 4 is 30.3 Å². The summed E-state index contributed by atoms with van der Waals surface area (Å²) in [4.78, 5) is 32.7. The number of aromatic amines is 2. The Morgan fingerprint density at radius 3 is 2.77 bits per heavy atom. The van der Waals surface area contributed by atoms with Crippen molar-refractivity contribution in [3.63, 3.8) is 0 Å². The number of rotatable bonds is 1. The van der Waals surface area contributed by atoms with E-state index in [-0.39, 0.29) is 15.9 Å². The third-order valence-electron chi connectivity index (χ3n) is 3.22. The highest BCUT2D eigenvalue weighted by molar-refractivity contribution is 7.71. The second-order valence-electron chi connectivity index (χ2n) is 4.89. The van der Waals surface area contributed by atoms with E-state index < -0.39 is 17.3 Å². The molecule has 0 unspecified atom stereocenters. The minimum atomic E-state index is -0.579. The van der Waals surface area contributed by atoms with Crippen molar-refractivity contribution in [2.24, 2.45) is 4.99 Å². The molecule has 1 aliphatic rings. The number of aromatic hydroxyl groups is 1. The van der Waals surface area contributed by atoms with E-state index in [0.29, 0.717) is 5.36 Å². The summed E-state index contributed by atoms with van der Waals surface area (Å²) in [5.74, 6) is -0.864. The zero-order valence-corrected chi connectivity index (χ0v) is 12.3. The molecule has 1 aromatic carbocycles. The highest BCUT2D eigenvalue weighted by Gasteiger charge is 2.13. The first-order valence-corrected chi connectivity index (χ1v) is 6.83. The maximum Gasteiger partial charge on any atom is 0.277 e. The monoisotopic (exact) mass is 313 g/mol. The van der Waals surface area contributed by atoms with Gasteiger partial charge in [0.1, 0.15) is 5.56 Å². The molecule has 7 heteroatoms. The van der Waals surface area contributed by atoms with Crippen molar-refractivity contribution < 1.29 is 9.90 Å². The Morgan fingerprint density at radius 2 is 2.05 bits per heavy atom. The fourth-order valence-electron chi connectivity index (χ4n) is 2.15. The SMILES string of the molecule is Cc1ccc2c(c1)=NC(=O)C(=Cc1c(O)[nH]c(=S)[nH]c1=O)C=2. The highest BCUT2D eigenvalue weighted by Crippen LogP contribution is 2.14. The number of amides is 1. The van der Waals surface area contributed by atoms with Gasteiger partial charge in [-0.3, -0.25) is 14.6 Å². The van der Waals surface area contributed by atoms with Crippen LogP contribution < -0.4 is 16.1 Å². The molecule has 0 fully saturated rings. The van der Waals surface area contributed by atoms with Crippen molar-refractivity contribution in [2.75, 3.05) is 0 Å². The second kappa shape index (κ2) is 5.19. The molecule has 0 saturated carbocycles. The fraction of sp³-hybridized carbons (Fsp3) is 0.0667. The van der Waals surface area contributed by atoms with Crippen LogP contribution >= 0.6 is 12.2 Å². The molecule has 0 atom stereocenters. The van der Waals surface area contributed by atoms with Crippen LogP contribution in [0.5, 0.6) is 5.88 Å². The molecule has 6 nitrogen and oxygen atoms in total. The second-order valence-corrected chi connectivity index (χ2v) is 5.30. The van der Waals surface area contributed by atoms with E-state index in [1.54, 1.807) is 6.08 Å². The van der Waals surface area contributed by atoms with Gasteiger partial charge in [-0.2, -0.15) is 0 Å². The Labute approximate surface area is 129 Å². The maximum atomic E-state index is 12.1. The molecule has 2 aromatic rings. The first-order valence-electron chi connectivity index (χ1n) is 6.43. The molecule has 22 heavy (non-hydrogen) atoms. The molecule has 1 aromatic heterocycles. The summed E-state index contributed by atoms with van der Waals surface area (Å²) in [6.45, 7) is 1.91. The number of benzene rings is 1. The van der Waals surface area contributed by atoms with Crippen molar-refractivity contribution in [2.45, 2.75) is 6.92 Å². The van der Waals surface area contributed by atoms with E-state index >= 15 is 0 Å². The number of H-pyrrole nitrogens is 2. The average molecular weight is 313 g/mol. The Morgan fingerprint density at radius 1 is 1.27 bits per heavy atom. The van der Waals surface area contributed by atoms with Crippen molar-refractivity contribution in [3.05, 3.63) is 60.6 Å². The van der Waals surface area contributed by atoms with Gasteiger partial charge in [-0.15, -0.1) is 0 Å². The van der Waals surface area contributed by atoms with Gasteiger partial charge in [0.25, 0.3) is 11.5 Å². The van der Waals surface area contributed by atoms with Gasteiger partial charge >= 0.3 is 0 Å². The minimum absolute atomic E-state index is 0.00843. The molecular formula is C15H11N3O3S. The van der Waals surface area contributed by atoms with Crippen LogP contribution in [0.2, 0.25) is 0 Å². The largest absolute Gasteiger partial charge is 0.494 e. The minimum Gasteiger partial charge on any atom is -0.494 e. The number of carbonyl (C=O) groups excluding carboxylic acids is 1. The lowest BCUT2D eigenvalue weighted by molar-refractivity contribution is -0.114. The zero-order chi connectivity index (χ0) is 15.9. The molecular weight excluding hydrogens is 302 g/mol. The van der Waals surface area contributed by atoms with Gasteiger partial charge in [0.2, 0.25) is 5.88 Å². The summed E-state index contributed by atoms with van der Waals surface area (Å²) in [5.41, 5.74) is 0.562. The molecule has 0 spiro atoms. The number of aromatic nitrogens is 2. The molecule has 0 saturated heterocycles. The number of carbonyl (C=O) groups is 1. The molecule has 110 valence electrons. The summed E-state index contributed by atoms with van der Waals surface area (Å²) in [6, 6.07) is 5.56. The first-order chi connectivity index (χ1) is 10.4. The Balaban J connectivity index is 2.22. The van der Waals surface area contributed by atoms with E-state index in [2.05, 4.69) is 15.0 Å². The highest BCUT2D eigenvalue weighted by atomic mass is 32.1. The van der Waals surface area contributed by atoms with Crippen molar-refractivity contribution in [1.29, 1.82) is 0 Å². The van der Waals surface area contributed by atoms with Crippen LogP contribution in [0.4, 0.5) is 0 Å². The Hall–Kier alpha value is -2.80. The summed E-state index contributed by atoms with van der Waals surface area (Å²) in [6.07, 6.45) is 2.92. The molecule has 0 bridgehead atoms. The number of nitrogens with zero attached hydrogens (tertiary/aromatic N) is 1. The average Bonchev–Trinajstić information content (AvgIpc) is 2.43. The predicted molar refractivity (Wildman–Crippen MR) is 83.3 cm³/mol. The third kappa shape index (κ3) is 2.53. The molecule has 2 heterocycles. The summed E-state index contributed by atoms with van der Waals surface area (Å²) in [7, 11) is 0. The third-order valence-corrected chi connectivity index (χ3v) is 3.43. The van der Waals surface area contributed by atoms with Crippen LogP contribution in [0, 0.1) is 11.7 Å². The number of aryl methyl sites for hydroxylation is 1. The molecule has 1 aliphatic heterocycles. The predicted octanol–water partition coefficient (Wildman–Crippen LogP) is 0.470. The van der Waals surface area contributed by atoms with Crippen LogP contribution in [-0.4, -0.2) is 21.0 Å². The lowest BCUT2D eigenvalue weighted by Gasteiger charge is -2.04. The van der Waals surface area contributed by atoms with Gasteiger partial charge in [0.05, 0.1) is 5.36 Å². The normalized spacial score (nSPS) is 15.1. The number of fused-ring (bicyclic) bond motifs is 1. The van der Waals surface area contributed by atoms with E-state index in [9.17, 15) is 14.7 Å². The number of nitrogens with one attached hydrogen (secondary N) is 2. The smallest absolute Gasteiger partial charge is 0.277 e. The summed E-state index contributed by atoms with van der Waals surface area (Å²) in [5, 5.41) is 11.1. The Bertz CT molecular complexity index is 1060. The molecule has 0 radical (unpaired) electrons. The van der Waals surface area contributed by atoms with Crippen LogP contribution in [0.25, 0.3) is 12.2 Å². The molecule has 0 aliphatic carbocycles. The number of hydrogen-bond donors (Lipinski definition) is 3. The van der Waals surface area contributed by atoms with Gasteiger partial charge in [-0.05, 0) is 42.9 Å². The topological polar surface area (TPSA) is 98.3 Å². The lowest BCUT2D eigenvalue weighted by atomic mass is 10.1.